The average molecular weight is 290 g/mol. The minimum absolute atomic E-state index is 0.149. The molecular formula is C15H22N4O2. The van der Waals surface area contributed by atoms with Crippen molar-refractivity contribution in [1.29, 1.82) is 0 Å². The lowest BCUT2D eigenvalue weighted by Crippen LogP contribution is -2.49. The van der Waals surface area contributed by atoms with Crippen LogP contribution in [0.2, 0.25) is 0 Å². The highest BCUT2D eigenvalue weighted by molar-refractivity contribution is 5.83. The molecule has 2 fully saturated rings. The molecular weight excluding hydrogens is 268 g/mol. The maximum atomic E-state index is 12.3. The highest BCUT2D eigenvalue weighted by atomic mass is 16.5. The lowest BCUT2D eigenvalue weighted by atomic mass is 10.1. The molecule has 1 amide bonds. The molecule has 1 aliphatic carbocycles. The number of hydrogen-bond donors (Lipinski definition) is 2. The summed E-state index contributed by atoms with van der Waals surface area (Å²) in [7, 11) is 0. The SMILES string of the molecule is Cc1ccnnc1OCC(C)(C)NC(=O)[C@H]1[C@@H]2CNC[C@@H]21. The van der Waals surface area contributed by atoms with E-state index in [1.165, 1.54) is 0 Å². The maximum Gasteiger partial charge on any atom is 0.236 e. The first-order chi connectivity index (χ1) is 9.98. The summed E-state index contributed by atoms with van der Waals surface area (Å²) >= 11 is 0. The van der Waals surface area contributed by atoms with Gasteiger partial charge in [0.2, 0.25) is 11.8 Å². The summed E-state index contributed by atoms with van der Waals surface area (Å²) in [5.74, 6) is 1.92. The predicted octanol–water partition coefficient (Wildman–Crippen LogP) is 0.524. The van der Waals surface area contributed by atoms with Gasteiger partial charge in [-0.25, -0.2) is 0 Å². The summed E-state index contributed by atoms with van der Waals surface area (Å²) in [4.78, 5) is 12.3. The number of ether oxygens (including phenoxy) is 1. The summed E-state index contributed by atoms with van der Waals surface area (Å²) in [5, 5.41) is 14.2. The Labute approximate surface area is 124 Å². The lowest BCUT2D eigenvalue weighted by Gasteiger charge is -2.26. The highest BCUT2D eigenvalue weighted by Gasteiger charge is 2.57. The number of nitrogens with one attached hydrogen (secondary N) is 2. The van der Waals surface area contributed by atoms with Crippen LogP contribution < -0.4 is 15.4 Å². The van der Waals surface area contributed by atoms with E-state index in [2.05, 4.69) is 20.8 Å². The summed E-state index contributed by atoms with van der Waals surface area (Å²) in [5.41, 5.74) is 0.515. The monoisotopic (exact) mass is 290 g/mol. The summed E-state index contributed by atoms with van der Waals surface area (Å²) in [6, 6.07) is 1.85. The van der Waals surface area contributed by atoms with E-state index in [0.29, 0.717) is 24.3 Å². The van der Waals surface area contributed by atoms with E-state index in [0.717, 1.165) is 18.7 Å². The van der Waals surface area contributed by atoms with Crippen LogP contribution in [0.5, 0.6) is 5.88 Å². The van der Waals surface area contributed by atoms with E-state index in [-0.39, 0.29) is 11.8 Å². The molecule has 6 nitrogen and oxygen atoms in total. The van der Waals surface area contributed by atoms with E-state index in [1.807, 2.05) is 26.8 Å². The average Bonchev–Trinajstić information content (AvgIpc) is 2.92. The number of rotatable bonds is 5. The molecule has 2 aliphatic rings. The first-order valence-electron chi connectivity index (χ1n) is 7.42. The van der Waals surface area contributed by atoms with Crippen molar-refractivity contribution in [3.8, 4) is 5.88 Å². The number of amides is 1. The molecule has 0 aromatic carbocycles. The number of nitrogens with zero attached hydrogens (tertiary/aromatic N) is 2. The van der Waals surface area contributed by atoms with Crippen LogP contribution in [0.4, 0.5) is 0 Å². The first kappa shape index (κ1) is 14.3. The van der Waals surface area contributed by atoms with Crippen molar-refractivity contribution in [3.63, 3.8) is 0 Å². The second kappa shape index (κ2) is 5.26. The quantitative estimate of drug-likeness (QED) is 0.827. The van der Waals surface area contributed by atoms with E-state index >= 15 is 0 Å². The Hall–Kier alpha value is -1.69. The van der Waals surface area contributed by atoms with Crippen molar-refractivity contribution in [2.75, 3.05) is 19.7 Å². The molecule has 2 heterocycles. The molecule has 114 valence electrons. The number of aromatic nitrogens is 2. The summed E-state index contributed by atoms with van der Waals surface area (Å²) in [6.45, 7) is 8.17. The van der Waals surface area contributed by atoms with Gasteiger partial charge in [0.25, 0.3) is 0 Å². The van der Waals surface area contributed by atoms with Gasteiger partial charge in [0.05, 0.1) is 11.7 Å². The van der Waals surface area contributed by atoms with E-state index < -0.39 is 5.54 Å². The second-order valence-corrected chi connectivity index (χ2v) is 6.69. The molecule has 1 aromatic heterocycles. The van der Waals surface area contributed by atoms with Gasteiger partial charge in [-0.2, -0.15) is 5.10 Å². The molecule has 1 saturated carbocycles. The fourth-order valence-corrected chi connectivity index (χ4v) is 3.03. The zero-order valence-corrected chi connectivity index (χ0v) is 12.7. The summed E-state index contributed by atoms with van der Waals surface area (Å²) < 4.78 is 5.70. The van der Waals surface area contributed by atoms with Crippen LogP contribution in [-0.2, 0) is 4.79 Å². The maximum absolute atomic E-state index is 12.3. The Morgan fingerprint density at radius 2 is 2.19 bits per heavy atom. The van der Waals surface area contributed by atoms with Crippen LogP contribution in [0.1, 0.15) is 19.4 Å². The largest absolute Gasteiger partial charge is 0.474 e. The third kappa shape index (κ3) is 3.00. The molecule has 2 N–H and O–H groups in total. The molecule has 6 heteroatoms. The third-order valence-electron chi connectivity index (χ3n) is 4.30. The molecule has 0 unspecified atom stereocenters. The topological polar surface area (TPSA) is 76.1 Å². The number of aryl methyl sites for hydroxylation is 1. The van der Waals surface area contributed by atoms with Crippen molar-refractivity contribution in [2.24, 2.45) is 17.8 Å². The van der Waals surface area contributed by atoms with Gasteiger partial charge in [0.1, 0.15) is 6.61 Å². The van der Waals surface area contributed by atoms with E-state index in [4.69, 9.17) is 4.74 Å². The Morgan fingerprint density at radius 3 is 2.86 bits per heavy atom. The summed E-state index contributed by atoms with van der Waals surface area (Å²) in [6.07, 6.45) is 1.63. The highest BCUT2D eigenvalue weighted by Crippen LogP contribution is 2.48. The van der Waals surface area contributed by atoms with Gasteiger partial charge in [-0.1, -0.05) is 0 Å². The lowest BCUT2D eigenvalue weighted by molar-refractivity contribution is -0.125. The van der Waals surface area contributed by atoms with Crippen molar-refractivity contribution in [1.82, 2.24) is 20.8 Å². The molecule has 3 atom stereocenters. The molecule has 3 rings (SSSR count). The Morgan fingerprint density at radius 1 is 1.48 bits per heavy atom. The van der Waals surface area contributed by atoms with Gasteiger partial charge >= 0.3 is 0 Å². The molecule has 0 radical (unpaired) electrons. The first-order valence-corrected chi connectivity index (χ1v) is 7.42. The number of carbonyl (C=O) groups is 1. The number of hydrogen-bond acceptors (Lipinski definition) is 5. The van der Waals surface area contributed by atoms with Gasteiger partial charge < -0.3 is 15.4 Å². The third-order valence-corrected chi connectivity index (χ3v) is 4.30. The smallest absolute Gasteiger partial charge is 0.236 e. The van der Waals surface area contributed by atoms with Gasteiger partial charge in [0, 0.05) is 11.5 Å². The van der Waals surface area contributed by atoms with Crippen molar-refractivity contribution in [3.05, 3.63) is 17.8 Å². The van der Waals surface area contributed by atoms with Crippen LogP contribution in [0.15, 0.2) is 12.3 Å². The zero-order valence-electron chi connectivity index (χ0n) is 12.7. The van der Waals surface area contributed by atoms with E-state index in [1.54, 1.807) is 6.20 Å². The Kier molecular flexibility index (Phi) is 3.57. The van der Waals surface area contributed by atoms with Crippen LogP contribution in [-0.4, -0.2) is 41.3 Å². The van der Waals surface area contributed by atoms with Gasteiger partial charge in [0.15, 0.2) is 0 Å². The Balaban J connectivity index is 1.52. The fourth-order valence-electron chi connectivity index (χ4n) is 3.03. The second-order valence-electron chi connectivity index (χ2n) is 6.69. The van der Waals surface area contributed by atoms with Gasteiger partial charge in [-0.15, -0.1) is 5.10 Å². The number of piperidine rings is 1. The molecule has 1 aromatic rings. The standard InChI is InChI=1S/C15H22N4O2/c1-9-4-5-17-19-14(9)21-8-15(2,3)18-13(20)12-10-6-16-7-11(10)12/h4-5,10-12,16H,6-8H2,1-3H3,(H,18,20)/t10-,11+,12+. The molecule has 0 spiro atoms. The molecule has 1 aliphatic heterocycles. The predicted molar refractivity (Wildman–Crippen MR) is 77.8 cm³/mol. The molecule has 0 bridgehead atoms. The molecule has 1 saturated heterocycles. The minimum Gasteiger partial charge on any atom is -0.474 e. The number of carbonyl (C=O) groups excluding carboxylic acids is 1. The zero-order chi connectivity index (χ0) is 15.0. The Bertz CT molecular complexity index is 536. The minimum atomic E-state index is -0.425. The normalized spacial score (nSPS) is 27.1. The van der Waals surface area contributed by atoms with E-state index in [9.17, 15) is 4.79 Å². The van der Waals surface area contributed by atoms with Crippen LogP contribution in [0.3, 0.4) is 0 Å². The van der Waals surface area contributed by atoms with Crippen molar-refractivity contribution < 1.29 is 9.53 Å². The van der Waals surface area contributed by atoms with Gasteiger partial charge in [-0.3, -0.25) is 4.79 Å². The fraction of sp³-hybridized carbons (Fsp3) is 0.667. The van der Waals surface area contributed by atoms with Crippen LogP contribution >= 0.6 is 0 Å². The van der Waals surface area contributed by atoms with Crippen molar-refractivity contribution >= 4 is 5.91 Å². The molecule has 21 heavy (non-hydrogen) atoms. The van der Waals surface area contributed by atoms with Crippen LogP contribution in [0, 0.1) is 24.7 Å². The van der Waals surface area contributed by atoms with Crippen molar-refractivity contribution in [2.45, 2.75) is 26.3 Å². The van der Waals surface area contributed by atoms with Gasteiger partial charge in [-0.05, 0) is 51.8 Å². The number of fused-ring (bicyclic) bond motifs is 1. The van der Waals surface area contributed by atoms with Crippen LogP contribution in [0.25, 0.3) is 0 Å².